The summed E-state index contributed by atoms with van der Waals surface area (Å²) >= 11 is 2.48. The van der Waals surface area contributed by atoms with Crippen LogP contribution in [-0.2, 0) is 17.9 Å². The molecule has 0 aliphatic heterocycles. The maximum absolute atomic E-state index is 9.76. The quantitative estimate of drug-likeness (QED) is 0.246. The van der Waals surface area contributed by atoms with Crippen LogP contribution >= 0.6 is 0 Å². The second kappa shape index (κ2) is 16.4. The summed E-state index contributed by atoms with van der Waals surface area (Å²) < 4.78 is 2.01. The Labute approximate surface area is 227 Å². The Kier molecular flexibility index (Phi) is 18.3. The van der Waals surface area contributed by atoms with Crippen LogP contribution in [0.3, 0.4) is 0 Å². The molecule has 0 amide bonds. The number of aliphatic hydroxyl groups is 4. The average molecular weight is 583 g/mol. The predicted octanol–water partition coefficient (Wildman–Crippen LogP) is 6.21. The van der Waals surface area contributed by atoms with Crippen molar-refractivity contribution in [2.45, 2.75) is 120 Å². The molecule has 4 N–H and O–H groups in total. The van der Waals surface area contributed by atoms with Crippen molar-refractivity contribution < 1.29 is 38.3 Å². The van der Waals surface area contributed by atoms with Gasteiger partial charge in [0.1, 0.15) is 0 Å². The van der Waals surface area contributed by atoms with Crippen LogP contribution < -0.4 is 0 Å². The van der Waals surface area contributed by atoms with E-state index in [2.05, 4.69) is 30.0 Å². The van der Waals surface area contributed by atoms with Crippen LogP contribution in [0.1, 0.15) is 101 Å². The van der Waals surface area contributed by atoms with E-state index < -0.39 is 24.4 Å². The maximum atomic E-state index is 9.76. The van der Waals surface area contributed by atoms with Crippen molar-refractivity contribution in [3.8, 4) is 0 Å². The van der Waals surface area contributed by atoms with Gasteiger partial charge in [0.05, 0.1) is 24.4 Å². The zero-order valence-electron chi connectivity index (χ0n) is 24.8. The SMILES string of the molecule is CC(C)(C)C(O)CC(O)C(C)(C)C.CC(C)(C)C(O)CC(O)C(C)(C)C.[CH3-].[Ru+]=[CH]c1ccccc1. The van der Waals surface area contributed by atoms with Gasteiger partial charge in [-0.25, -0.2) is 0 Å². The summed E-state index contributed by atoms with van der Waals surface area (Å²) in [5, 5.41) is 39.0. The van der Waals surface area contributed by atoms with Crippen LogP contribution in [0.25, 0.3) is 0 Å². The summed E-state index contributed by atoms with van der Waals surface area (Å²) in [4.78, 5) is 0. The van der Waals surface area contributed by atoms with Gasteiger partial charge in [-0.05, 0) is 21.7 Å². The van der Waals surface area contributed by atoms with Crippen molar-refractivity contribution in [2.24, 2.45) is 21.7 Å². The molecule has 1 aromatic rings. The Morgan fingerprint density at radius 1 is 0.571 bits per heavy atom. The van der Waals surface area contributed by atoms with Crippen LogP contribution in [0, 0.1) is 29.1 Å². The van der Waals surface area contributed by atoms with E-state index in [0.29, 0.717) is 12.8 Å². The fraction of sp³-hybridized carbons (Fsp3) is 0.733. The van der Waals surface area contributed by atoms with Gasteiger partial charge < -0.3 is 27.9 Å². The molecule has 4 atom stereocenters. The number of rotatable bonds is 5. The van der Waals surface area contributed by atoms with E-state index in [1.165, 1.54) is 5.56 Å². The Hall–Kier alpha value is -0.447. The van der Waals surface area contributed by atoms with Gasteiger partial charge in [-0.3, -0.25) is 0 Å². The summed E-state index contributed by atoms with van der Waals surface area (Å²) in [6.45, 7) is 23.8. The minimum atomic E-state index is -0.443. The van der Waals surface area contributed by atoms with Crippen molar-refractivity contribution in [3.05, 3.63) is 43.3 Å². The molecule has 0 saturated heterocycles. The summed E-state index contributed by atoms with van der Waals surface area (Å²) in [5.74, 6) is 0. The molecule has 0 aromatic heterocycles. The van der Waals surface area contributed by atoms with Gasteiger partial charge in [-0.15, -0.1) is 0 Å². The summed E-state index contributed by atoms with van der Waals surface area (Å²) in [6.07, 6.45) is -0.869. The third-order valence-corrected chi connectivity index (χ3v) is 6.39. The normalized spacial score (nSPS) is 15.7. The Bertz CT molecular complexity index is 587. The fourth-order valence-electron chi connectivity index (χ4n) is 2.36. The molecule has 4 unspecified atom stereocenters. The molecular weight excluding hydrogens is 525 g/mol. The molecule has 209 valence electrons. The molecule has 4 nitrogen and oxygen atoms in total. The third kappa shape index (κ3) is 19.3. The number of benzene rings is 1. The summed E-state index contributed by atoms with van der Waals surface area (Å²) in [5.41, 5.74) is 0.667. The van der Waals surface area contributed by atoms with E-state index in [1.807, 2.05) is 106 Å². The first kappa shape index (κ1) is 39.1. The first-order chi connectivity index (χ1) is 15.0. The van der Waals surface area contributed by atoms with Gasteiger partial charge in [0.2, 0.25) is 0 Å². The molecule has 0 radical (unpaired) electrons. The van der Waals surface area contributed by atoms with E-state index in [4.69, 9.17) is 0 Å². The van der Waals surface area contributed by atoms with Crippen LogP contribution in [0.5, 0.6) is 0 Å². The molecule has 0 heterocycles. The molecule has 35 heavy (non-hydrogen) atoms. The van der Waals surface area contributed by atoms with Gasteiger partial charge in [0, 0.05) is 12.8 Å². The van der Waals surface area contributed by atoms with Crippen molar-refractivity contribution >= 4 is 4.61 Å². The topological polar surface area (TPSA) is 80.9 Å². The number of aliphatic hydroxyl groups excluding tert-OH is 4. The number of hydrogen-bond donors (Lipinski definition) is 4. The minimum absolute atomic E-state index is 0. The van der Waals surface area contributed by atoms with Crippen LogP contribution in [0.4, 0.5) is 0 Å². The van der Waals surface area contributed by atoms with E-state index in [9.17, 15) is 20.4 Å². The second-order valence-electron chi connectivity index (χ2n) is 13.5. The average Bonchev–Trinajstić information content (AvgIpc) is 2.66. The molecule has 0 bridgehead atoms. The van der Waals surface area contributed by atoms with E-state index >= 15 is 0 Å². The van der Waals surface area contributed by atoms with E-state index in [-0.39, 0.29) is 29.1 Å². The zero-order chi connectivity index (χ0) is 27.5. The van der Waals surface area contributed by atoms with E-state index in [0.717, 1.165) is 0 Å². The molecule has 0 saturated carbocycles. The van der Waals surface area contributed by atoms with Gasteiger partial charge in [0.15, 0.2) is 0 Å². The first-order valence-electron chi connectivity index (χ1n) is 12.2. The Morgan fingerprint density at radius 2 is 0.800 bits per heavy atom. The molecule has 0 aliphatic rings. The van der Waals surface area contributed by atoms with Crippen molar-refractivity contribution in [1.29, 1.82) is 0 Å². The van der Waals surface area contributed by atoms with Crippen molar-refractivity contribution in [2.75, 3.05) is 0 Å². The van der Waals surface area contributed by atoms with Crippen molar-refractivity contribution in [1.82, 2.24) is 0 Å². The van der Waals surface area contributed by atoms with Gasteiger partial charge >= 0.3 is 58.4 Å². The fourth-order valence-corrected chi connectivity index (χ4v) is 2.69. The second-order valence-corrected chi connectivity index (χ2v) is 14.0. The molecule has 1 aromatic carbocycles. The third-order valence-electron chi connectivity index (χ3n) is 5.81. The summed E-state index contributed by atoms with van der Waals surface area (Å²) in [6, 6.07) is 10.2. The molecular formula is C30H57O4Ru. The molecule has 0 aliphatic carbocycles. The Balaban J connectivity index is -0.000000444. The molecule has 5 heteroatoms. The van der Waals surface area contributed by atoms with Gasteiger partial charge in [-0.1, -0.05) is 83.1 Å². The van der Waals surface area contributed by atoms with Gasteiger partial charge in [-0.2, -0.15) is 0 Å². The zero-order valence-corrected chi connectivity index (χ0v) is 26.6. The van der Waals surface area contributed by atoms with Crippen molar-refractivity contribution in [3.63, 3.8) is 0 Å². The van der Waals surface area contributed by atoms with E-state index in [1.54, 1.807) is 0 Å². The summed E-state index contributed by atoms with van der Waals surface area (Å²) in [7, 11) is 0. The van der Waals surface area contributed by atoms with Gasteiger partial charge in [0.25, 0.3) is 0 Å². The standard InChI is InChI=1S/2C11H24O2.C7H6.CH3.Ru/c2*1-10(2,3)8(12)7-9(13)11(4,5)6;1-7-5-3-2-4-6-7;;/h2*8-9,12-13H,7H2,1-6H3;1-6H;1H3;/q;;;-1;+1. The molecule has 0 spiro atoms. The van der Waals surface area contributed by atoms with Crippen LogP contribution in [-0.4, -0.2) is 49.5 Å². The number of hydrogen-bond acceptors (Lipinski definition) is 4. The Morgan fingerprint density at radius 3 is 0.943 bits per heavy atom. The first-order valence-corrected chi connectivity index (χ1v) is 13.2. The monoisotopic (exact) mass is 583 g/mol. The molecule has 1 rings (SSSR count). The molecule has 0 fully saturated rings. The van der Waals surface area contributed by atoms with Crippen LogP contribution in [0.2, 0.25) is 0 Å². The van der Waals surface area contributed by atoms with Crippen LogP contribution in [0.15, 0.2) is 30.3 Å². The predicted molar refractivity (Wildman–Crippen MR) is 149 cm³/mol.